The zero-order valence-electron chi connectivity index (χ0n) is 23.2. The third kappa shape index (κ3) is 6.18. The van der Waals surface area contributed by atoms with Crippen LogP contribution in [0, 0.1) is 6.92 Å². The van der Waals surface area contributed by atoms with E-state index in [1.165, 1.54) is 0 Å². The predicted octanol–water partition coefficient (Wildman–Crippen LogP) is 3.66. The molecule has 40 heavy (non-hydrogen) atoms. The molecular formula is C28H35N9O3. The molecule has 3 aromatic heterocycles. The van der Waals surface area contributed by atoms with Crippen molar-refractivity contribution in [2.24, 2.45) is 0 Å². The summed E-state index contributed by atoms with van der Waals surface area (Å²) in [6, 6.07) is 7.81. The van der Waals surface area contributed by atoms with Gasteiger partial charge in [0, 0.05) is 43.4 Å². The van der Waals surface area contributed by atoms with Gasteiger partial charge in [-0.1, -0.05) is 32.9 Å². The first-order valence-corrected chi connectivity index (χ1v) is 13.4. The topological polar surface area (TPSA) is 158 Å². The zero-order valence-corrected chi connectivity index (χ0v) is 23.2. The van der Waals surface area contributed by atoms with Crippen molar-refractivity contribution in [2.45, 2.75) is 58.5 Å². The summed E-state index contributed by atoms with van der Waals surface area (Å²) < 4.78 is 5.68. The fourth-order valence-corrected chi connectivity index (χ4v) is 4.68. The van der Waals surface area contributed by atoms with E-state index in [9.17, 15) is 9.90 Å². The summed E-state index contributed by atoms with van der Waals surface area (Å²) in [6.07, 6.45) is 4.80. The molecule has 1 amide bonds. The third-order valence-electron chi connectivity index (χ3n) is 6.87. The van der Waals surface area contributed by atoms with Gasteiger partial charge in [0.1, 0.15) is 0 Å². The number of aryl methyl sites for hydroxylation is 1. The summed E-state index contributed by atoms with van der Waals surface area (Å²) in [6.45, 7) is 10.1. The SMILES string of the molecule is Cc1[nH]ncc1Nc1nccc(-c2ccc3c(c2)CN(CCCO)CC[C@@H]3NC(=O)c2nnc(C(C)(C)C)o2)n1. The number of fused-ring (bicyclic) bond motifs is 1. The molecule has 0 spiro atoms. The molecule has 1 aromatic carbocycles. The summed E-state index contributed by atoms with van der Waals surface area (Å²) in [7, 11) is 0. The van der Waals surface area contributed by atoms with Gasteiger partial charge in [0.2, 0.25) is 11.8 Å². The van der Waals surface area contributed by atoms with Crippen LogP contribution in [0.3, 0.4) is 0 Å². The Morgan fingerprint density at radius 3 is 2.83 bits per heavy atom. The van der Waals surface area contributed by atoms with E-state index in [1.807, 2.05) is 39.8 Å². The highest BCUT2D eigenvalue weighted by Crippen LogP contribution is 2.31. The second-order valence-electron chi connectivity index (χ2n) is 11.0. The highest BCUT2D eigenvalue weighted by atomic mass is 16.4. The Hall–Kier alpha value is -4.16. The summed E-state index contributed by atoms with van der Waals surface area (Å²) in [5.41, 5.74) is 5.18. The molecule has 12 nitrogen and oxygen atoms in total. The van der Waals surface area contributed by atoms with Crippen LogP contribution >= 0.6 is 0 Å². The molecule has 12 heteroatoms. The van der Waals surface area contributed by atoms with Crippen LogP contribution in [0.25, 0.3) is 11.3 Å². The molecule has 0 radical (unpaired) electrons. The number of hydrogen-bond acceptors (Lipinski definition) is 10. The fraction of sp³-hybridized carbons (Fsp3) is 0.429. The van der Waals surface area contributed by atoms with E-state index in [4.69, 9.17) is 9.40 Å². The smallest absolute Gasteiger partial charge is 0.309 e. The molecule has 0 fully saturated rings. The number of carbonyl (C=O) groups is 1. The van der Waals surface area contributed by atoms with Crippen molar-refractivity contribution >= 4 is 17.5 Å². The van der Waals surface area contributed by atoms with Crippen LogP contribution < -0.4 is 10.6 Å². The maximum atomic E-state index is 13.1. The quantitative estimate of drug-likeness (QED) is 0.257. The van der Waals surface area contributed by atoms with Crippen LogP contribution in [0.2, 0.25) is 0 Å². The van der Waals surface area contributed by atoms with E-state index in [-0.39, 0.29) is 24.0 Å². The van der Waals surface area contributed by atoms with E-state index in [0.717, 1.165) is 46.9 Å². The molecule has 0 unspecified atom stereocenters. The lowest BCUT2D eigenvalue weighted by molar-refractivity contribution is 0.0894. The first-order chi connectivity index (χ1) is 19.2. The van der Waals surface area contributed by atoms with Crippen molar-refractivity contribution in [1.82, 2.24) is 40.6 Å². The average Bonchev–Trinajstić information content (AvgIpc) is 3.55. The van der Waals surface area contributed by atoms with E-state index < -0.39 is 5.91 Å². The summed E-state index contributed by atoms with van der Waals surface area (Å²) in [5.74, 6) is 0.451. The molecule has 0 bridgehead atoms. The number of H-pyrrole nitrogens is 1. The van der Waals surface area contributed by atoms with E-state index in [2.05, 4.69) is 53.0 Å². The lowest BCUT2D eigenvalue weighted by atomic mass is 9.96. The molecule has 4 aromatic rings. The minimum atomic E-state index is -0.395. The lowest BCUT2D eigenvalue weighted by Crippen LogP contribution is -2.30. The summed E-state index contributed by atoms with van der Waals surface area (Å²) in [5, 5.41) is 30.7. The number of benzene rings is 1. The Morgan fingerprint density at radius 2 is 2.10 bits per heavy atom. The second kappa shape index (κ2) is 11.5. The molecule has 0 saturated heterocycles. The number of nitrogens with one attached hydrogen (secondary N) is 3. The van der Waals surface area contributed by atoms with Crippen molar-refractivity contribution in [3.63, 3.8) is 0 Å². The molecule has 0 aliphatic carbocycles. The minimum absolute atomic E-state index is 0.0432. The largest absolute Gasteiger partial charge is 0.416 e. The number of aromatic nitrogens is 6. The number of rotatable bonds is 8. The number of anilines is 2. The van der Waals surface area contributed by atoms with Gasteiger partial charge in [0.25, 0.3) is 0 Å². The third-order valence-corrected chi connectivity index (χ3v) is 6.87. The minimum Gasteiger partial charge on any atom is -0.416 e. The lowest BCUT2D eigenvalue weighted by Gasteiger charge is -2.20. The Labute approximate surface area is 232 Å². The second-order valence-corrected chi connectivity index (χ2v) is 11.0. The summed E-state index contributed by atoms with van der Waals surface area (Å²) in [4.78, 5) is 24.5. The molecular weight excluding hydrogens is 510 g/mol. The van der Waals surface area contributed by atoms with E-state index in [1.54, 1.807) is 12.4 Å². The van der Waals surface area contributed by atoms with Crippen molar-refractivity contribution in [1.29, 1.82) is 0 Å². The number of carbonyl (C=O) groups excluding carboxylic acids is 1. The van der Waals surface area contributed by atoms with Gasteiger partial charge in [0.05, 0.1) is 29.3 Å². The summed E-state index contributed by atoms with van der Waals surface area (Å²) >= 11 is 0. The number of aliphatic hydroxyl groups excluding tert-OH is 1. The van der Waals surface area contributed by atoms with Crippen LogP contribution in [0.15, 0.2) is 41.1 Å². The highest BCUT2D eigenvalue weighted by molar-refractivity contribution is 5.89. The Morgan fingerprint density at radius 1 is 1.25 bits per heavy atom. The monoisotopic (exact) mass is 545 g/mol. The number of aromatic amines is 1. The Bertz CT molecular complexity index is 1470. The van der Waals surface area contributed by atoms with Crippen molar-refractivity contribution in [3.05, 3.63) is 65.3 Å². The average molecular weight is 546 g/mol. The van der Waals surface area contributed by atoms with Gasteiger partial charge >= 0.3 is 11.8 Å². The normalized spacial score (nSPS) is 15.9. The first kappa shape index (κ1) is 27.4. The molecule has 1 aliphatic rings. The standard InChI is InChI=1S/C28H35N9O3/c1-17-23(15-30-34-17)33-27-29-10-8-21(32-27)18-6-7-20-19(14-18)16-37(11-5-13-38)12-9-22(20)31-24(39)25-35-36-26(40-25)28(2,3)4/h6-8,10,14-15,22,38H,5,9,11-13,16H2,1-4H3,(H,30,34)(H,31,39)(H,29,32,33)/t22-/m0/s1. The van der Waals surface area contributed by atoms with Gasteiger partial charge in [-0.05, 0) is 43.0 Å². The van der Waals surface area contributed by atoms with E-state index in [0.29, 0.717) is 31.2 Å². The van der Waals surface area contributed by atoms with Crippen LogP contribution in [-0.4, -0.2) is 66.0 Å². The van der Waals surface area contributed by atoms with Gasteiger partial charge in [-0.15, -0.1) is 10.2 Å². The Balaban J connectivity index is 1.42. The Kier molecular flexibility index (Phi) is 7.90. The molecule has 0 saturated carbocycles. The molecule has 5 rings (SSSR count). The molecule has 4 heterocycles. The number of amides is 1. The van der Waals surface area contributed by atoms with Crippen LogP contribution in [0.1, 0.15) is 73.1 Å². The fourth-order valence-electron chi connectivity index (χ4n) is 4.68. The van der Waals surface area contributed by atoms with Gasteiger partial charge in [-0.3, -0.25) is 14.8 Å². The zero-order chi connectivity index (χ0) is 28.3. The molecule has 4 N–H and O–H groups in total. The van der Waals surface area contributed by atoms with Crippen molar-refractivity contribution < 1.29 is 14.3 Å². The van der Waals surface area contributed by atoms with Gasteiger partial charge in [-0.25, -0.2) is 9.97 Å². The molecule has 1 aliphatic heterocycles. The van der Waals surface area contributed by atoms with Crippen LogP contribution in [0.4, 0.5) is 11.6 Å². The molecule has 210 valence electrons. The van der Waals surface area contributed by atoms with Crippen LogP contribution in [-0.2, 0) is 12.0 Å². The van der Waals surface area contributed by atoms with Gasteiger partial charge in [-0.2, -0.15) is 5.10 Å². The number of aliphatic hydroxyl groups is 1. The van der Waals surface area contributed by atoms with E-state index >= 15 is 0 Å². The highest BCUT2D eigenvalue weighted by Gasteiger charge is 2.28. The van der Waals surface area contributed by atoms with Gasteiger partial charge < -0.3 is 20.2 Å². The van der Waals surface area contributed by atoms with Crippen LogP contribution in [0.5, 0.6) is 0 Å². The number of hydrogen-bond donors (Lipinski definition) is 4. The first-order valence-electron chi connectivity index (χ1n) is 13.4. The van der Waals surface area contributed by atoms with Crippen molar-refractivity contribution in [3.8, 4) is 11.3 Å². The maximum absolute atomic E-state index is 13.1. The van der Waals surface area contributed by atoms with Gasteiger partial charge in [0.15, 0.2) is 0 Å². The predicted molar refractivity (Wildman–Crippen MR) is 149 cm³/mol. The number of nitrogens with zero attached hydrogens (tertiary/aromatic N) is 6. The molecule has 1 atom stereocenters. The maximum Gasteiger partial charge on any atom is 0.309 e. The van der Waals surface area contributed by atoms with Crippen molar-refractivity contribution in [2.75, 3.05) is 25.0 Å².